The average molecular weight is 400 g/mol. The topological polar surface area (TPSA) is 117 Å². The molecule has 0 fully saturated rings. The van der Waals surface area contributed by atoms with Crippen LogP contribution in [0.25, 0.3) is 0 Å². The van der Waals surface area contributed by atoms with E-state index < -0.39 is 24.4 Å². The highest BCUT2D eigenvalue weighted by Gasteiger charge is 2.15. The van der Waals surface area contributed by atoms with Crippen molar-refractivity contribution in [1.29, 1.82) is 0 Å². The highest BCUT2D eigenvalue weighted by atomic mass is 16.5. The fourth-order valence-electron chi connectivity index (χ4n) is 2.44. The SMILES string of the molecule is CCCOc1ccc(C(=O)OCC(=O)Nc2ccccc2C(N)=O)cc1OCC. The van der Waals surface area contributed by atoms with Crippen LogP contribution < -0.4 is 20.5 Å². The molecule has 2 rings (SSSR count). The van der Waals surface area contributed by atoms with Crippen LogP contribution in [-0.2, 0) is 9.53 Å². The van der Waals surface area contributed by atoms with E-state index >= 15 is 0 Å². The number of anilines is 1. The van der Waals surface area contributed by atoms with Crippen LogP contribution in [0.3, 0.4) is 0 Å². The Balaban J connectivity index is 2.00. The third-order valence-corrected chi connectivity index (χ3v) is 3.74. The van der Waals surface area contributed by atoms with Crippen LogP contribution in [0.4, 0.5) is 5.69 Å². The minimum Gasteiger partial charge on any atom is -0.490 e. The molecule has 0 aliphatic heterocycles. The van der Waals surface area contributed by atoms with Gasteiger partial charge in [-0.1, -0.05) is 19.1 Å². The Kier molecular flexibility index (Phi) is 8.02. The van der Waals surface area contributed by atoms with Gasteiger partial charge in [-0.15, -0.1) is 0 Å². The summed E-state index contributed by atoms with van der Waals surface area (Å²) in [5.41, 5.74) is 5.91. The molecule has 0 unspecified atom stereocenters. The Morgan fingerprint density at radius 1 is 1.00 bits per heavy atom. The molecule has 0 heterocycles. The van der Waals surface area contributed by atoms with Gasteiger partial charge in [0.15, 0.2) is 18.1 Å². The molecule has 0 aromatic heterocycles. The van der Waals surface area contributed by atoms with Crippen molar-refractivity contribution in [3.63, 3.8) is 0 Å². The Morgan fingerprint density at radius 2 is 1.76 bits per heavy atom. The van der Waals surface area contributed by atoms with Crippen molar-refractivity contribution >= 4 is 23.5 Å². The zero-order valence-corrected chi connectivity index (χ0v) is 16.4. The lowest BCUT2D eigenvalue weighted by atomic mass is 10.1. The van der Waals surface area contributed by atoms with E-state index in [0.717, 1.165) is 6.42 Å². The Bertz CT molecular complexity index is 881. The van der Waals surface area contributed by atoms with Crippen LogP contribution in [0, 0.1) is 0 Å². The van der Waals surface area contributed by atoms with Gasteiger partial charge in [-0.3, -0.25) is 9.59 Å². The van der Waals surface area contributed by atoms with Crippen molar-refractivity contribution in [3.8, 4) is 11.5 Å². The molecule has 3 N–H and O–H groups in total. The first-order chi connectivity index (χ1) is 14.0. The second-order valence-electron chi connectivity index (χ2n) is 5.98. The maximum atomic E-state index is 12.3. The van der Waals surface area contributed by atoms with E-state index in [4.69, 9.17) is 19.9 Å². The summed E-state index contributed by atoms with van der Waals surface area (Å²) in [5, 5.41) is 2.50. The van der Waals surface area contributed by atoms with Crippen LogP contribution in [0.15, 0.2) is 42.5 Å². The number of carbonyl (C=O) groups is 3. The molecule has 8 heteroatoms. The van der Waals surface area contributed by atoms with Gasteiger partial charge in [0.25, 0.3) is 11.8 Å². The standard InChI is InChI=1S/C21H24N2O6/c1-3-11-28-17-10-9-14(12-18(17)27-4-2)21(26)29-13-19(24)23-16-8-6-5-7-15(16)20(22)25/h5-10,12H,3-4,11,13H2,1-2H3,(H2,22,25)(H,23,24). The van der Waals surface area contributed by atoms with Gasteiger partial charge in [0.1, 0.15) is 0 Å². The summed E-state index contributed by atoms with van der Waals surface area (Å²) >= 11 is 0. The first-order valence-corrected chi connectivity index (χ1v) is 9.21. The fourth-order valence-corrected chi connectivity index (χ4v) is 2.44. The third-order valence-electron chi connectivity index (χ3n) is 3.74. The van der Waals surface area contributed by atoms with E-state index in [1.54, 1.807) is 18.2 Å². The van der Waals surface area contributed by atoms with E-state index in [2.05, 4.69) is 5.32 Å². The van der Waals surface area contributed by atoms with Crippen molar-refractivity contribution in [2.45, 2.75) is 20.3 Å². The number of nitrogens with two attached hydrogens (primary N) is 1. The van der Waals surface area contributed by atoms with Crippen LogP contribution in [0.5, 0.6) is 11.5 Å². The first-order valence-electron chi connectivity index (χ1n) is 9.21. The number of para-hydroxylation sites is 1. The molecule has 0 bridgehead atoms. The second-order valence-corrected chi connectivity index (χ2v) is 5.98. The summed E-state index contributed by atoms with van der Waals surface area (Å²) in [7, 11) is 0. The molecule has 2 aromatic carbocycles. The number of rotatable bonds is 10. The molecule has 2 aromatic rings. The fraction of sp³-hybridized carbons (Fsp3) is 0.286. The van der Waals surface area contributed by atoms with Crippen LogP contribution >= 0.6 is 0 Å². The van der Waals surface area contributed by atoms with E-state index in [-0.39, 0.29) is 16.8 Å². The first kappa shape index (κ1) is 21.7. The van der Waals surface area contributed by atoms with Gasteiger partial charge in [-0.25, -0.2) is 4.79 Å². The van der Waals surface area contributed by atoms with Crippen molar-refractivity contribution in [1.82, 2.24) is 0 Å². The zero-order chi connectivity index (χ0) is 21.2. The van der Waals surface area contributed by atoms with Gasteiger partial charge in [0, 0.05) is 0 Å². The van der Waals surface area contributed by atoms with Gasteiger partial charge in [0.05, 0.1) is 30.0 Å². The minimum absolute atomic E-state index is 0.163. The number of primary amides is 1. The summed E-state index contributed by atoms with van der Waals surface area (Å²) in [6.07, 6.45) is 0.837. The van der Waals surface area contributed by atoms with Gasteiger partial charge in [0.2, 0.25) is 0 Å². The quantitative estimate of drug-likeness (QED) is 0.592. The molecule has 2 amide bonds. The maximum Gasteiger partial charge on any atom is 0.338 e. The Hall–Kier alpha value is -3.55. The van der Waals surface area contributed by atoms with E-state index in [9.17, 15) is 14.4 Å². The summed E-state index contributed by atoms with van der Waals surface area (Å²) in [5.74, 6) is -1.00. The normalized spacial score (nSPS) is 10.1. The average Bonchev–Trinajstić information content (AvgIpc) is 2.71. The number of nitrogens with one attached hydrogen (secondary N) is 1. The molecule has 0 atom stereocenters. The van der Waals surface area contributed by atoms with Crippen molar-refractivity contribution in [3.05, 3.63) is 53.6 Å². The van der Waals surface area contributed by atoms with Crippen molar-refractivity contribution in [2.24, 2.45) is 5.73 Å². The van der Waals surface area contributed by atoms with Crippen LogP contribution in [0.2, 0.25) is 0 Å². The maximum absolute atomic E-state index is 12.3. The van der Waals surface area contributed by atoms with Gasteiger partial charge in [-0.05, 0) is 43.7 Å². The molecule has 0 saturated carbocycles. The predicted octanol–water partition coefficient (Wildman–Crippen LogP) is 2.77. The number of carbonyl (C=O) groups excluding carboxylic acids is 3. The smallest absolute Gasteiger partial charge is 0.338 e. The molecule has 8 nitrogen and oxygen atoms in total. The largest absolute Gasteiger partial charge is 0.490 e. The van der Waals surface area contributed by atoms with E-state index in [0.29, 0.717) is 24.7 Å². The number of esters is 1. The second kappa shape index (κ2) is 10.7. The van der Waals surface area contributed by atoms with Gasteiger partial charge >= 0.3 is 5.97 Å². The van der Waals surface area contributed by atoms with E-state index in [1.807, 2.05) is 13.8 Å². The summed E-state index contributed by atoms with van der Waals surface area (Å²) < 4.78 is 16.2. The monoisotopic (exact) mass is 400 g/mol. The summed E-state index contributed by atoms with van der Waals surface area (Å²) in [4.78, 5) is 35.8. The number of amides is 2. The van der Waals surface area contributed by atoms with E-state index in [1.165, 1.54) is 24.3 Å². The van der Waals surface area contributed by atoms with Gasteiger partial charge < -0.3 is 25.3 Å². The lowest BCUT2D eigenvalue weighted by Gasteiger charge is -2.13. The summed E-state index contributed by atoms with van der Waals surface area (Å²) in [6.45, 7) is 4.21. The molecule has 29 heavy (non-hydrogen) atoms. The minimum atomic E-state index is -0.689. The Morgan fingerprint density at radius 3 is 2.45 bits per heavy atom. The summed E-state index contributed by atoms with van der Waals surface area (Å²) in [6, 6.07) is 11.0. The highest BCUT2D eigenvalue weighted by molar-refractivity contribution is 6.03. The molecule has 0 aliphatic carbocycles. The van der Waals surface area contributed by atoms with Crippen molar-refractivity contribution < 1.29 is 28.6 Å². The Labute approximate surface area is 168 Å². The number of hydrogen-bond donors (Lipinski definition) is 2. The molecule has 0 aliphatic rings. The van der Waals surface area contributed by atoms with Crippen LogP contribution in [-0.4, -0.2) is 37.6 Å². The van der Waals surface area contributed by atoms with Crippen molar-refractivity contribution in [2.75, 3.05) is 25.1 Å². The van der Waals surface area contributed by atoms with Gasteiger partial charge in [-0.2, -0.15) is 0 Å². The number of ether oxygens (including phenoxy) is 3. The lowest BCUT2D eigenvalue weighted by Crippen LogP contribution is -2.23. The van der Waals surface area contributed by atoms with Crippen LogP contribution in [0.1, 0.15) is 41.0 Å². The lowest BCUT2D eigenvalue weighted by molar-refractivity contribution is -0.119. The molecular weight excluding hydrogens is 376 g/mol. The molecule has 0 spiro atoms. The molecule has 0 saturated heterocycles. The number of benzene rings is 2. The predicted molar refractivity (Wildman–Crippen MR) is 107 cm³/mol. The highest BCUT2D eigenvalue weighted by Crippen LogP contribution is 2.29. The number of hydrogen-bond acceptors (Lipinski definition) is 6. The molecule has 154 valence electrons. The molecular formula is C21H24N2O6. The third kappa shape index (κ3) is 6.24. The zero-order valence-electron chi connectivity index (χ0n) is 16.4. The molecule has 0 radical (unpaired) electrons.